The van der Waals surface area contributed by atoms with Gasteiger partial charge in [-0.05, 0) is 66.9 Å². The molecule has 3 aliphatic carbocycles. The third-order valence-electron chi connectivity index (χ3n) is 6.55. The van der Waals surface area contributed by atoms with Crippen LogP contribution in [0.25, 0.3) is 0 Å². The van der Waals surface area contributed by atoms with E-state index in [4.69, 9.17) is 0 Å². The molecule has 1 aromatic rings. The van der Waals surface area contributed by atoms with Crippen molar-refractivity contribution < 1.29 is 0 Å². The normalized spacial score (nSPS) is 37.5. The third kappa shape index (κ3) is 1.84. The molecule has 4 rings (SSSR count). The average molecular weight is 289 g/mol. The fourth-order valence-electron chi connectivity index (χ4n) is 5.49. The summed E-state index contributed by atoms with van der Waals surface area (Å²) in [6, 6.07) is 3.17. The second kappa shape index (κ2) is 4.33. The Balaban J connectivity index is 1.48. The molecular weight excluding hydrogens is 262 g/mol. The molecule has 1 aromatic heterocycles. The van der Waals surface area contributed by atoms with Crippen LogP contribution in [0.5, 0.6) is 0 Å². The lowest BCUT2D eigenvalue weighted by atomic mass is 9.68. The SMILES string of the molecule is CC12CCC(C1)C(C)(C)C2NCc1cc2c(s1)CCC2. The van der Waals surface area contributed by atoms with Gasteiger partial charge in [0.25, 0.3) is 0 Å². The molecule has 2 heteroatoms. The van der Waals surface area contributed by atoms with Crippen LogP contribution in [0.15, 0.2) is 6.07 Å². The van der Waals surface area contributed by atoms with Gasteiger partial charge in [0.15, 0.2) is 0 Å². The number of rotatable bonds is 3. The third-order valence-corrected chi connectivity index (χ3v) is 7.78. The highest BCUT2D eigenvalue weighted by molar-refractivity contribution is 7.12. The molecule has 1 nitrogen and oxygen atoms in total. The fourth-order valence-corrected chi connectivity index (χ4v) is 6.70. The number of hydrogen-bond donors (Lipinski definition) is 1. The number of thiophene rings is 1. The zero-order chi connectivity index (χ0) is 14.0. The molecule has 3 unspecified atom stereocenters. The maximum Gasteiger partial charge on any atom is 0.0302 e. The van der Waals surface area contributed by atoms with Crippen molar-refractivity contribution in [2.75, 3.05) is 0 Å². The first-order valence-corrected chi connectivity index (χ1v) is 9.14. The highest BCUT2D eigenvalue weighted by Gasteiger charge is 2.58. The van der Waals surface area contributed by atoms with Gasteiger partial charge in [-0.25, -0.2) is 0 Å². The van der Waals surface area contributed by atoms with Crippen molar-refractivity contribution in [1.29, 1.82) is 0 Å². The summed E-state index contributed by atoms with van der Waals surface area (Å²) in [5.41, 5.74) is 2.67. The Bertz CT molecular complexity index is 503. The quantitative estimate of drug-likeness (QED) is 0.861. The summed E-state index contributed by atoms with van der Waals surface area (Å²) in [5, 5.41) is 3.96. The van der Waals surface area contributed by atoms with E-state index in [-0.39, 0.29) is 0 Å². The van der Waals surface area contributed by atoms with Gasteiger partial charge in [0.1, 0.15) is 0 Å². The average Bonchev–Trinajstić information content (AvgIpc) is 3.04. The highest BCUT2D eigenvalue weighted by Crippen LogP contribution is 2.62. The highest BCUT2D eigenvalue weighted by atomic mass is 32.1. The van der Waals surface area contributed by atoms with Crippen molar-refractivity contribution in [3.8, 4) is 0 Å². The Morgan fingerprint density at radius 2 is 2.15 bits per heavy atom. The molecule has 0 radical (unpaired) electrons. The number of aryl methyl sites for hydroxylation is 2. The predicted octanol–water partition coefficient (Wildman–Crippen LogP) is 4.54. The number of nitrogens with one attached hydrogen (secondary N) is 1. The molecule has 0 saturated heterocycles. The van der Waals surface area contributed by atoms with Crippen molar-refractivity contribution in [2.24, 2.45) is 16.7 Å². The van der Waals surface area contributed by atoms with Gasteiger partial charge < -0.3 is 5.32 Å². The molecule has 110 valence electrons. The second-order valence-electron chi connectivity index (χ2n) is 8.24. The topological polar surface area (TPSA) is 12.0 Å². The first-order chi connectivity index (χ1) is 9.49. The zero-order valence-corrected chi connectivity index (χ0v) is 13.9. The van der Waals surface area contributed by atoms with Gasteiger partial charge in [-0.2, -0.15) is 0 Å². The second-order valence-corrected chi connectivity index (χ2v) is 9.47. The zero-order valence-electron chi connectivity index (χ0n) is 13.1. The number of fused-ring (bicyclic) bond motifs is 3. The van der Waals surface area contributed by atoms with Crippen LogP contribution in [0.1, 0.15) is 61.8 Å². The summed E-state index contributed by atoms with van der Waals surface area (Å²) in [7, 11) is 0. The van der Waals surface area contributed by atoms with E-state index in [0.29, 0.717) is 16.9 Å². The monoisotopic (exact) mass is 289 g/mol. The molecule has 0 aromatic carbocycles. The van der Waals surface area contributed by atoms with Crippen molar-refractivity contribution in [3.63, 3.8) is 0 Å². The van der Waals surface area contributed by atoms with Crippen LogP contribution in [0.3, 0.4) is 0 Å². The smallest absolute Gasteiger partial charge is 0.0302 e. The molecule has 2 fully saturated rings. The van der Waals surface area contributed by atoms with Crippen LogP contribution < -0.4 is 5.32 Å². The van der Waals surface area contributed by atoms with E-state index in [1.807, 2.05) is 0 Å². The summed E-state index contributed by atoms with van der Waals surface area (Å²) in [6.07, 6.45) is 8.35. The van der Waals surface area contributed by atoms with E-state index in [2.05, 4.69) is 43.5 Å². The van der Waals surface area contributed by atoms with E-state index in [1.54, 1.807) is 15.3 Å². The van der Waals surface area contributed by atoms with Gasteiger partial charge in [0.05, 0.1) is 0 Å². The molecule has 0 aliphatic heterocycles. The standard InChI is InChI=1S/C18H27NS/c1-17(2)13-7-8-18(3,10-13)16(17)19-11-14-9-12-5-4-6-15(12)20-14/h9,13,16,19H,4-8,10-11H2,1-3H3. The summed E-state index contributed by atoms with van der Waals surface area (Å²) in [4.78, 5) is 3.23. The molecule has 0 amide bonds. The maximum absolute atomic E-state index is 3.96. The lowest BCUT2D eigenvalue weighted by Gasteiger charge is -2.43. The van der Waals surface area contributed by atoms with E-state index in [1.165, 1.54) is 38.5 Å². The molecule has 2 saturated carbocycles. The van der Waals surface area contributed by atoms with Crippen molar-refractivity contribution in [1.82, 2.24) is 5.32 Å². The van der Waals surface area contributed by atoms with E-state index < -0.39 is 0 Å². The largest absolute Gasteiger partial charge is 0.308 e. The van der Waals surface area contributed by atoms with Crippen LogP contribution in [-0.2, 0) is 19.4 Å². The van der Waals surface area contributed by atoms with Gasteiger partial charge >= 0.3 is 0 Å². The minimum absolute atomic E-state index is 0.479. The maximum atomic E-state index is 3.96. The van der Waals surface area contributed by atoms with Gasteiger partial charge in [-0.1, -0.05) is 20.8 Å². The van der Waals surface area contributed by atoms with E-state index in [0.717, 1.165) is 12.5 Å². The van der Waals surface area contributed by atoms with Crippen LogP contribution in [0.2, 0.25) is 0 Å². The molecule has 3 aliphatic rings. The van der Waals surface area contributed by atoms with Crippen LogP contribution >= 0.6 is 11.3 Å². The summed E-state index contributed by atoms with van der Waals surface area (Å²) < 4.78 is 0. The van der Waals surface area contributed by atoms with Crippen molar-refractivity contribution in [2.45, 2.75) is 71.9 Å². The minimum atomic E-state index is 0.479. The predicted molar refractivity (Wildman–Crippen MR) is 86.2 cm³/mol. The molecule has 2 bridgehead atoms. The van der Waals surface area contributed by atoms with Crippen LogP contribution in [0, 0.1) is 16.7 Å². The van der Waals surface area contributed by atoms with Gasteiger partial charge in [0, 0.05) is 22.3 Å². The van der Waals surface area contributed by atoms with Gasteiger partial charge in [-0.15, -0.1) is 11.3 Å². The molecule has 20 heavy (non-hydrogen) atoms. The lowest BCUT2D eigenvalue weighted by Crippen LogP contribution is -2.49. The first kappa shape index (κ1) is 13.3. The number of hydrogen-bond acceptors (Lipinski definition) is 2. The van der Waals surface area contributed by atoms with Crippen molar-refractivity contribution >= 4 is 11.3 Å². The Kier molecular flexibility index (Phi) is 2.89. The first-order valence-electron chi connectivity index (χ1n) is 8.33. The van der Waals surface area contributed by atoms with Gasteiger partial charge in [-0.3, -0.25) is 0 Å². The fraction of sp³-hybridized carbons (Fsp3) is 0.778. The Morgan fingerprint density at radius 3 is 2.85 bits per heavy atom. The summed E-state index contributed by atoms with van der Waals surface area (Å²) >= 11 is 2.06. The molecule has 3 atom stereocenters. The minimum Gasteiger partial charge on any atom is -0.308 e. The molecule has 0 spiro atoms. The van der Waals surface area contributed by atoms with E-state index in [9.17, 15) is 0 Å². The summed E-state index contributed by atoms with van der Waals surface area (Å²) in [6.45, 7) is 8.60. The van der Waals surface area contributed by atoms with Crippen molar-refractivity contribution in [3.05, 3.63) is 21.4 Å². The Labute approximate surface area is 127 Å². The Morgan fingerprint density at radius 1 is 1.30 bits per heavy atom. The summed E-state index contributed by atoms with van der Waals surface area (Å²) in [5.74, 6) is 0.943. The van der Waals surface area contributed by atoms with Crippen LogP contribution in [-0.4, -0.2) is 6.04 Å². The Hall–Kier alpha value is -0.340. The lowest BCUT2D eigenvalue weighted by molar-refractivity contribution is 0.108. The van der Waals surface area contributed by atoms with Crippen LogP contribution in [0.4, 0.5) is 0 Å². The molecule has 1 N–H and O–H groups in total. The molecular formula is C18H27NS. The van der Waals surface area contributed by atoms with E-state index >= 15 is 0 Å². The van der Waals surface area contributed by atoms with Gasteiger partial charge in [0.2, 0.25) is 0 Å². The molecule has 1 heterocycles.